The lowest BCUT2D eigenvalue weighted by atomic mass is 10.1. The van der Waals surface area contributed by atoms with Crippen LogP contribution in [0.1, 0.15) is 24.5 Å². The number of aryl methyl sites for hydroxylation is 2. The topological polar surface area (TPSA) is 35.8 Å². The summed E-state index contributed by atoms with van der Waals surface area (Å²) in [5, 5.41) is 12.2. The maximum Gasteiger partial charge on any atom is 0.114 e. The summed E-state index contributed by atoms with van der Waals surface area (Å²) in [6, 6.07) is 6.25. The van der Waals surface area contributed by atoms with Crippen molar-refractivity contribution in [2.45, 2.75) is 33.2 Å². The zero-order chi connectivity index (χ0) is 11.4. The summed E-state index contributed by atoms with van der Waals surface area (Å²) in [6.07, 6.45) is 0.811. The van der Waals surface area contributed by atoms with Crippen LogP contribution in [-0.2, 0) is 0 Å². The van der Waals surface area contributed by atoms with Crippen molar-refractivity contribution in [2.24, 2.45) is 0 Å². The Morgan fingerprint density at radius 1 is 1.40 bits per heavy atom. The van der Waals surface area contributed by atoms with E-state index in [2.05, 4.69) is 39.4 Å². The van der Waals surface area contributed by atoms with Gasteiger partial charge in [-0.25, -0.2) is 0 Å². The number of hydrogen-bond acceptors (Lipinski definition) is 2. The highest BCUT2D eigenvalue weighted by molar-refractivity contribution is 9.10. The number of benzene rings is 1. The molecule has 0 spiro atoms. The van der Waals surface area contributed by atoms with E-state index in [4.69, 9.17) is 5.26 Å². The van der Waals surface area contributed by atoms with Crippen molar-refractivity contribution in [3.8, 4) is 6.07 Å². The molecule has 3 heteroatoms. The molecule has 0 radical (unpaired) electrons. The van der Waals surface area contributed by atoms with Crippen LogP contribution in [0.3, 0.4) is 0 Å². The SMILES string of the molecule is CCC(C#N)Nc1c(C)cc(Br)cc1C. The van der Waals surface area contributed by atoms with Crippen LogP contribution in [0.15, 0.2) is 16.6 Å². The molecular formula is C12H15BrN2. The second-order valence-corrected chi connectivity index (χ2v) is 4.56. The van der Waals surface area contributed by atoms with E-state index in [9.17, 15) is 0 Å². The van der Waals surface area contributed by atoms with Crippen LogP contribution in [-0.4, -0.2) is 6.04 Å². The first kappa shape index (κ1) is 12.1. The molecule has 0 saturated carbocycles. The molecule has 1 rings (SSSR count). The van der Waals surface area contributed by atoms with Gasteiger partial charge in [-0.1, -0.05) is 22.9 Å². The molecule has 80 valence electrons. The number of anilines is 1. The standard InChI is InChI=1S/C12H15BrN2/c1-4-11(7-14)15-12-8(2)5-10(13)6-9(12)3/h5-6,11,15H,4H2,1-3H3. The van der Waals surface area contributed by atoms with Gasteiger partial charge in [0.15, 0.2) is 0 Å². The van der Waals surface area contributed by atoms with Crippen LogP contribution in [0.5, 0.6) is 0 Å². The molecule has 1 aromatic rings. The first-order chi connectivity index (χ1) is 7.08. The Balaban J connectivity index is 3.00. The molecule has 0 bridgehead atoms. The van der Waals surface area contributed by atoms with E-state index >= 15 is 0 Å². The fraction of sp³-hybridized carbons (Fsp3) is 0.417. The summed E-state index contributed by atoms with van der Waals surface area (Å²) in [5.41, 5.74) is 3.40. The van der Waals surface area contributed by atoms with E-state index in [1.54, 1.807) is 0 Å². The first-order valence-corrected chi connectivity index (χ1v) is 5.80. The lowest BCUT2D eigenvalue weighted by Gasteiger charge is -2.16. The van der Waals surface area contributed by atoms with Gasteiger partial charge in [-0.2, -0.15) is 5.26 Å². The molecule has 0 fully saturated rings. The second kappa shape index (κ2) is 5.18. The number of hydrogen-bond donors (Lipinski definition) is 1. The summed E-state index contributed by atoms with van der Waals surface area (Å²) in [4.78, 5) is 0. The highest BCUT2D eigenvalue weighted by Gasteiger charge is 2.08. The normalized spacial score (nSPS) is 11.9. The average molecular weight is 267 g/mol. The molecule has 1 N–H and O–H groups in total. The molecule has 15 heavy (non-hydrogen) atoms. The quantitative estimate of drug-likeness (QED) is 0.904. The highest BCUT2D eigenvalue weighted by atomic mass is 79.9. The fourth-order valence-corrected chi connectivity index (χ4v) is 2.22. The summed E-state index contributed by atoms with van der Waals surface area (Å²) in [5.74, 6) is 0. The number of nitriles is 1. The monoisotopic (exact) mass is 266 g/mol. The number of nitrogens with one attached hydrogen (secondary N) is 1. The van der Waals surface area contributed by atoms with E-state index < -0.39 is 0 Å². The third kappa shape index (κ3) is 2.97. The van der Waals surface area contributed by atoms with Crippen molar-refractivity contribution >= 4 is 21.6 Å². The predicted molar refractivity (Wildman–Crippen MR) is 66.9 cm³/mol. The van der Waals surface area contributed by atoms with Gasteiger partial charge in [-0.3, -0.25) is 0 Å². The molecule has 1 aromatic carbocycles. The fourth-order valence-electron chi connectivity index (χ4n) is 1.54. The molecule has 0 aliphatic heterocycles. The summed E-state index contributed by atoms with van der Waals surface area (Å²) >= 11 is 3.45. The van der Waals surface area contributed by atoms with Crippen LogP contribution < -0.4 is 5.32 Å². The Morgan fingerprint density at radius 2 is 1.93 bits per heavy atom. The van der Waals surface area contributed by atoms with Gasteiger partial charge in [-0.05, 0) is 43.5 Å². The molecule has 1 unspecified atom stereocenters. The van der Waals surface area contributed by atoms with Crippen molar-refractivity contribution in [3.05, 3.63) is 27.7 Å². The zero-order valence-corrected chi connectivity index (χ0v) is 10.9. The Labute approximate surface area is 99.4 Å². The van der Waals surface area contributed by atoms with Gasteiger partial charge in [0.05, 0.1) is 6.07 Å². The maximum absolute atomic E-state index is 8.90. The largest absolute Gasteiger partial charge is 0.369 e. The minimum atomic E-state index is -0.108. The molecule has 0 saturated heterocycles. The highest BCUT2D eigenvalue weighted by Crippen LogP contribution is 2.25. The molecule has 0 heterocycles. The number of rotatable bonds is 3. The Bertz CT molecular complexity index is 370. The van der Waals surface area contributed by atoms with Crippen LogP contribution in [0.4, 0.5) is 5.69 Å². The third-order valence-electron chi connectivity index (χ3n) is 2.38. The van der Waals surface area contributed by atoms with E-state index in [1.165, 1.54) is 0 Å². The van der Waals surface area contributed by atoms with Crippen molar-refractivity contribution in [1.29, 1.82) is 5.26 Å². The van der Waals surface area contributed by atoms with Gasteiger partial charge in [0.25, 0.3) is 0 Å². The van der Waals surface area contributed by atoms with Gasteiger partial charge in [0, 0.05) is 10.2 Å². The maximum atomic E-state index is 8.90. The number of halogens is 1. The summed E-state index contributed by atoms with van der Waals surface area (Å²) in [6.45, 7) is 6.10. The predicted octanol–water partition coefficient (Wildman–Crippen LogP) is 3.78. The molecular weight excluding hydrogens is 252 g/mol. The first-order valence-electron chi connectivity index (χ1n) is 5.01. The molecule has 0 aromatic heterocycles. The molecule has 1 atom stereocenters. The lowest BCUT2D eigenvalue weighted by molar-refractivity contribution is 0.842. The van der Waals surface area contributed by atoms with E-state index in [1.807, 2.05) is 20.8 Å². The van der Waals surface area contributed by atoms with Gasteiger partial charge in [-0.15, -0.1) is 0 Å². The Kier molecular flexibility index (Phi) is 4.16. The lowest BCUT2D eigenvalue weighted by Crippen LogP contribution is -2.17. The Morgan fingerprint density at radius 3 is 2.33 bits per heavy atom. The second-order valence-electron chi connectivity index (χ2n) is 3.65. The molecule has 0 aliphatic carbocycles. The minimum Gasteiger partial charge on any atom is -0.369 e. The zero-order valence-electron chi connectivity index (χ0n) is 9.26. The van der Waals surface area contributed by atoms with Gasteiger partial charge in [0.1, 0.15) is 6.04 Å². The summed E-state index contributed by atoms with van der Waals surface area (Å²) < 4.78 is 1.08. The van der Waals surface area contributed by atoms with Crippen LogP contribution in [0.25, 0.3) is 0 Å². The molecule has 0 amide bonds. The Hall–Kier alpha value is -1.01. The van der Waals surface area contributed by atoms with Crippen molar-refractivity contribution in [3.63, 3.8) is 0 Å². The smallest absolute Gasteiger partial charge is 0.114 e. The van der Waals surface area contributed by atoms with E-state index in [-0.39, 0.29) is 6.04 Å². The van der Waals surface area contributed by atoms with Crippen molar-refractivity contribution < 1.29 is 0 Å². The minimum absolute atomic E-state index is 0.108. The van der Waals surface area contributed by atoms with Crippen LogP contribution >= 0.6 is 15.9 Å². The van der Waals surface area contributed by atoms with E-state index in [0.29, 0.717) is 0 Å². The van der Waals surface area contributed by atoms with Crippen molar-refractivity contribution in [1.82, 2.24) is 0 Å². The molecule has 0 aliphatic rings. The van der Waals surface area contributed by atoms with Gasteiger partial charge < -0.3 is 5.32 Å². The van der Waals surface area contributed by atoms with E-state index in [0.717, 1.165) is 27.7 Å². The third-order valence-corrected chi connectivity index (χ3v) is 2.84. The number of nitrogens with zero attached hydrogens (tertiary/aromatic N) is 1. The van der Waals surface area contributed by atoms with Crippen LogP contribution in [0, 0.1) is 25.2 Å². The van der Waals surface area contributed by atoms with Gasteiger partial charge in [0.2, 0.25) is 0 Å². The van der Waals surface area contributed by atoms with Crippen LogP contribution in [0.2, 0.25) is 0 Å². The van der Waals surface area contributed by atoms with Crippen molar-refractivity contribution in [2.75, 3.05) is 5.32 Å². The molecule has 2 nitrogen and oxygen atoms in total. The summed E-state index contributed by atoms with van der Waals surface area (Å²) in [7, 11) is 0. The van der Waals surface area contributed by atoms with Gasteiger partial charge >= 0.3 is 0 Å². The average Bonchev–Trinajstić information content (AvgIpc) is 2.17.